The Morgan fingerprint density at radius 2 is 1.52 bits per heavy atom. The van der Waals surface area contributed by atoms with Crippen LogP contribution in [0, 0.1) is 10.1 Å². The van der Waals surface area contributed by atoms with Crippen molar-refractivity contribution in [2.75, 3.05) is 5.32 Å². The number of hydrazine groups is 1. The molecule has 0 aliphatic carbocycles. The van der Waals surface area contributed by atoms with E-state index in [4.69, 9.17) is 24.4 Å². The molecule has 0 bridgehead atoms. The number of non-ortho nitro benzene ring substituents is 1. The summed E-state index contributed by atoms with van der Waals surface area (Å²) < 4.78 is 0. The summed E-state index contributed by atoms with van der Waals surface area (Å²) in [5.74, 6) is -0.504. The fourth-order valence-electron chi connectivity index (χ4n) is 1.74. The molecule has 2 aromatic rings. The standard InChI is InChI=1S/C15H13N5O3S2/c21-13(10-6-8-12(9-7-10)20(22)23)17-15(25)19-18-14(24)16-11-4-2-1-3-5-11/h1-9H,(H2,16,18,24)(H2,17,19,21,25). The van der Waals surface area contributed by atoms with Crippen molar-refractivity contribution in [2.24, 2.45) is 0 Å². The van der Waals surface area contributed by atoms with Crippen molar-refractivity contribution in [3.63, 3.8) is 0 Å². The van der Waals surface area contributed by atoms with Gasteiger partial charge < -0.3 is 5.32 Å². The highest BCUT2D eigenvalue weighted by Gasteiger charge is 2.10. The fourth-order valence-corrected chi connectivity index (χ4v) is 2.05. The van der Waals surface area contributed by atoms with E-state index in [0.717, 1.165) is 5.69 Å². The maximum Gasteiger partial charge on any atom is 0.269 e. The Morgan fingerprint density at radius 3 is 2.12 bits per heavy atom. The van der Waals surface area contributed by atoms with E-state index in [0.29, 0.717) is 0 Å². The molecule has 0 unspecified atom stereocenters. The third kappa shape index (κ3) is 5.79. The molecule has 0 atom stereocenters. The van der Waals surface area contributed by atoms with Gasteiger partial charge in [0.2, 0.25) is 0 Å². The highest BCUT2D eigenvalue weighted by atomic mass is 32.1. The van der Waals surface area contributed by atoms with E-state index >= 15 is 0 Å². The largest absolute Gasteiger partial charge is 0.331 e. The fraction of sp³-hybridized carbons (Fsp3) is 0. The number of thiocarbonyl (C=S) groups is 2. The summed E-state index contributed by atoms with van der Waals surface area (Å²) in [5, 5.41) is 16.2. The van der Waals surface area contributed by atoms with Gasteiger partial charge in [-0.25, -0.2) is 0 Å². The lowest BCUT2D eigenvalue weighted by atomic mass is 10.2. The average molecular weight is 375 g/mol. The van der Waals surface area contributed by atoms with Crippen LogP contribution >= 0.6 is 24.4 Å². The summed E-state index contributed by atoms with van der Waals surface area (Å²) in [6.07, 6.45) is 0. The molecule has 0 saturated carbocycles. The molecule has 8 nitrogen and oxygen atoms in total. The number of nitrogens with one attached hydrogen (secondary N) is 4. The monoisotopic (exact) mass is 375 g/mol. The van der Waals surface area contributed by atoms with Crippen molar-refractivity contribution >= 4 is 51.9 Å². The van der Waals surface area contributed by atoms with Gasteiger partial charge in [-0.2, -0.15) is 0 Å². The van der Waals surface area contributed by atoms with Gasteiger partial charge in [-0.05, 0) is 48.7 Å². The molecule has 0 radical (unpaired) electrons. The quantitative estimate of drug-likeness (QED) is 0.367. The van der Waals surface area contributed by atoms with Crippen LogP contribution in [0.3, 0.4) is 0 Å². The van der Waals surface area contributed by atoms with Gasteiger partial charge in [0.25, 0.3) is 11.6 Å². The zero-order chi connectivity index (χ0) is 18.2. The van der Waals surface area contributed by atoms with Crippen molar-refractivity contribution in [1.29, 1.82) is 0 Å². The van der Waals surface area contributed by atoms with Crippen LogP contribution in [0.5, 0.6) is 0 Å². The van der Waals surface area contributed by atoms with E-state index in [1.54, 1.807) is 0 Å². The number of hydrogen-bond acceptors (Lipinski definition) is 5. The summed E-state index contributed by atoms with van der Waals surface area (Å²) in [5.41, 5.74) is 6.14. The molecular weight excluding hydrogens is 362 g/mol. The van der Waals surface area contributed by atoms with Crippen molar-refractivity contribution in [3.8, 4) is 0 Å². The van der Waals surface area contributed by atoms with E-state index in [2.05, 4.69) is 21.5 Å². The van der Waals surface area contributed by atoms with Crippen LogP contribution in [-0.4, -0.2) is 21.1 Å². The lowest BCUT2D eigenvalue weighted by molar-refractivity contribution is -0.384. The number of nitro groups is 1. The van der Waals surface area contributed by atoms with Crippen molar-refractivity contribution in [1.82, 2.24) is 16.2 Å². The minimum Gasteiger partial charge on any atom is -0.331 e. The Labute approximate surface area is 153 Å². The number of para-hydroxylation sites is 1. The normalized spacial score (nSPS) is 9.60. The smallest absolute Gasteiger partial charge is 0.269 e. The van der Waals surface area contributed by atoms with Gasteiger partial charge in [-0.3, -0.25) is 31.1 Å². The summed E-state index contributed by atoms with van der Waals surface area (Å²) in [7, 11) is 0. The second-order valence-electron chi connectivity index (χ2n) is 4.66. The van der Waals surface area contributed by atoms with Gasteiger partial charge in [-0.15, -0.1) is 0 Å². The summed E-state index contributed by atoms with van der Waals surface area (Å²) in [6.45, 7) is 0. The maximum atomic E-state index is 12.0. The van der Waals surface area contributed by atoms with E-state index in [-0.39, 0.29) is 21.5 Å². The van der Waals surface area contributed by atoms with Gasteiger partial charge in [0.05, 0.1) is 4.92 Å². The van der Waals surface area contributed by atoms with Crippen LogP contribution in [0.2, 0.25) is 0 Å². The molecule has 128 valence electrons. The van der Waals surface area contributed by atoms with E-state index in [9.17, 15) is 14.9 Å². The van der Waals surface area contributed by atoms with Gasteiger partial charge in [0.15, 0.2) is 10.2 Å². The zero-order valence-electron chi connectivity index (χ0n) is 12.7. The first-order valence-corrected chi connectivity index (χ1v) is 7.75. The molecule has 0 heterocycles. The average Bonchev–Trinajstić information content (AvgIpc) is 2.61. The summed E-state index contributed by atoms with van der Waals surface area (Å²) >= 11 is 10.1. The molecule has 0 aliphatic rings. The van der Waals surface area contributed by atoms with Crippen LogP contribution in [0.1, 0.15) is 10.4 Å². The lowest BCUT2D eigenvalue weighted by Crippen LogP contribution is -2.49. The van der Waals surface area contributed by atoms with E-state index in [1.165, 1.54) is 24.3 Å². The second-order valence-corrected chi connectivity index (χ2v) is 5.47. The summed E-state index contributed by atoms with van der Waals surface area (Å²) in [6, 6.07) is 14.4. The number of amides is 1. The minimum atomic E-state index is -0.543. The first-order valence-electron chi connectivity index (χ1n) is 6.93. The highest BCUT2D eigenvalue weighted by Crippen LogP contribution is 2.11. The molecule has 1 amide bonds. The Hall–Kier alpha value is -3.11. The van der Waals surface area contributed by atoms with E-state index in [1.807, 2.05) is 30.3 Å². The van der Waals surface area contributed by atoms with Crippen molar-refractivity contribution in [3.05, 3.63) is 70.3 Å². The molecule has 0 spiro atoms. The maximum absolute atomic E-state index is 12.0. The van der Waals surface area contributed by atoms with Gasteiger partial charge in [-0.1, -0.05) is 18.2 Å². The molecule has 0 fully saturated rings. The molecular formula is C15H13N5O3S2. The predicted octanol–water partition coefficient (Wildman–Crippen LogP) is 2.10. The molecule has 0 aliphatic heterocycles. The third-order valence-electron chi connectivity index (χ3n) is 2.89. The first-order chi connectivity index (χ1) is 12.0. The second kappa shape index (κ2) is 8.66. The number of carbonyl (C=O) groups is 1. The molecule has 25 heavy (non-hydrogen) atoms. The molecule has 2 aromatic carbocycles. The van der Waals surface area contributed by atoms with Crippen molar-refractivity contribution < 1.29 is 9.72 Å². The van der Waals surface area contributed by atoms with E-state index < -0.39 is 10.8 Å². The third-order valence-corrected chi connectivity index (χ3v) is 3.30. The number of nitrogens with zero attached hydrogens (tertiary/aromatic N) is 1. The molecule has 10 heteroatoms. The van der Waals surface area contributed by atoms with Crippen LogP contribution in [0.15, 0.2) is 54.6 Å². The molecule has 4 N–H and O–H groups in total. The molecule has 2 rings (SSSR count). The summed E-state index contributed by atoms with van der Waals surface area (Å²) in [4.78, 5) is 22.0. The molecule has 0 saturated heterocycles. The van der Waals surface area contributed by atoms with Gasteiger partial charge >= 0.3 is 0 Å². The van der Waals surface area contributed by atoms with Crippen LogP contribution < -0.4 is 21.5 Å². The highest BCUT2D eigenvalue weighted by molar-refractivity contribution is 7.80. The number of benzene rings is 2. The number of nitro benzene ring substituents is 1. The Kier molecular flexibility index (Phi) is 6.32. The van der Waals surface area contributed by atoms with Crippen LogP contribution in [0.25, 0.3) is 0 Å². The number of hydrogen-bond donors (Lipinski definition) is 4. The minimum absolute atomic E-state index is 0.000523. The lowest BCUT2D eigenvalue weighted by Gasteiger charge is -2.13. The number of carbonyl (C=O) groups excluding carboxylic acids is 1. The topological polar surface area (TPSA) is 108 Å². The Balaban J connectivity index is 1.80. The van der Waals surface area contributed by atoms with Crippen LogP contribution in [0.4, 0.5) is 11.4 Å². The van der Waals surface area contributed by atoms with Gasteiger partial charge in [0, 0.05) is 23.4 Å². The Morgan fingerprint density at radius 1 is 0.920 bits per heavy atom. The van der Waals surface area contributed by atoms with Gasteiger partial charge in [0.1, 0.15) is 0 Å². The Bertz CT molecular complexity index is 797. The van der Waals surface area contributed by atoms with Crippen LogP contribution in [-0.2, 0) is 0 Å². The number of anilines is 1. The number of rotatable bonds is 3. The van der Waals surface area contributed by atoms with Crippen molar-refractivity contribution in [2.45, 2.75) is 0 Å². The first kappa shape index (κ1) is 18.2. The SMILES string of the molecule is O=C(NC(=S)NNC(=S)Nc1ccccc1)c1ccc([N+](=O)[O-])cc1. The zero-order valence-corrected chi connectivity index (χ0v) is 14.3. The molecule has 0 aromatic heterocycles. The predicted molar refractivity (Wildman–Crippen MR) is 102 cm³/mol.